The van der Waals surface area contributed by atoms with Gasteiger partial charge in [-0.05, 0) is 12.8 Å². The Kier molecular flexibility index (Phi) is 4.86. The lowest BCUT2D eigenvalue weighted by atomic mass is 9.77. The van der Waals surface area contributed by atoms with Crippen molar-refractivity contribution in [3.8, 4) is 0 Å². The van der Waals surface area contributed by atoms with Crippen LogP contribution in [0.4, 0.5) is 25.0 Å². The summed E-state index contributed by atoms with van der Waals surface area (Å²) in [5.74, 6) is -1.64. The van der Waals surface area contributed by atoms with Crippen LogP contribution < -0.4 is 15.1 Å². The van der Waals surface area contributed by atoms with Crippen LogP contribution in [0.1, 0.15) is 19.8 Å². The number of nitrogens with zero attached hydrogens (tertiary/aromatic N) is 2. The van der Waals surface area contributed by atoms with Crippen LogP contribution in [-0.2, 0) is 14.3 Å². The zero-order valence-corrected chi connectivity index (χ0v) is 15.7. The van der Waals surface area contributed by atoms with Gasteiger partial charge in [0.25, 0.3) is 0 Å². The van der Waals surface area contributed by atoms with Crippen LogP contribution >= 0.6 is 0 Å². The third kappa shape index (κ3) is 3.50. The van der Waals surface area contributed by atoms with E-state index in [-0.39, 0.29) is 35.8 Å². The number of rotatable bonds is 4. The molecule has 0 saturated carbocycles. The van der Waals surface area contributed by atoms with Crippen molar-refractivity contribution in [2.75, 3.05) is 49.2 Å². The lowest BCUT2D eigenvalue weighted by molar-refractivity contribution is -0.124. The molecule has 4 rings (SSSR count). The molecule has 7 nitrogen and oxygen atoms in total. The van der Waals surface area contributed by atoms with Gasteiger partial charge in [-0.25, -0.2) is 13.6 Å². The Bertz CT molecular complexity index is 766. The molecular formula is C19H23F2N3O4. The SMILES string of the molecule is CC(=O)NC[C@H]1CN(c2cc(F)c(N3CCC4(CC3)COC4)c(F)c2)C(=O)O1. The summed E-state index contributed by atoms with van der Waals surface area (Å²) < 4.78 is 40.0. The van der Waals surface area contributed by atoms with Crippen LogP contribution in [0.3, 0.4) is 0 Å². The third-order valence-corrected chi connectivity index (χ3v) is 5.72. The first kappa shape index (κ1) is 18.9. The lowest BCUT2D eigenvalue weighted by Crippen LogP contribution is -2.51. The Labute approximate surface area is 161 Å². The predicted octanol–water partition coefficient (Wildman–Crippen LogP) is 2.04. The van der Waals surface area contributed by atoms with Crippen molar-refractivity contribution in [2.24, 2.45) is 5.41 Å². The number of cyclic esters (lactones) is 1. The maximum Gasteiger partial charge on any atom is 0.414 e. The zero-order chi connectivity index (χ0) is 19.9. The van der Waals surface area contributed by atoms with Gasteiger partial charge >= 0.3 is 6.09 Å². The number of benzene rings is 1. The van der Waals surface area contributed by atoms with Gasteiger partial charge in [0.1, 0.15) is 11.8 Å². The minimum Gasteiger partial charge on any atom is -0.442 e. The van der Waals surface area contributed by atoms with E-state index >= 15 is 0 Å². The Hall–Kier alpha value is -2.42. The molecule has 0 aromatic heterocycles. The van der Waals surface area contributed by atoms with Gasteiger partial charge in [0.15, 0.2) is 11.6 Å². The topological polar surface area (TPSA) is 71.1 Å². The number of piperidine rings is 1. The van der Waals surface area contributed by atoms with E-state index in [0.717, 1.165) is 38.2 Å². The number of carbonyl (C=O) groups is 2. The number of nitrogens with one attached hydrogen (secondary N) is 1. The van der Waals surface area contributed by atoms with Gasteiger partial charge in [0, 0.05) is 37.6 Å². The van der Waals surface area contributed by atoms with Crippen molar-refractivity contribution < 1.29 is 27.8 Å². The molecule has 0 radical (unpaired) electrons. The number of ether oxygens (including phenoxy) is 2. The molecule has 1 aromatic carbocycles. The molecule has 3 fully saturated rings. The molecule has 28 heavy (non-hydrogen) atoms. The summed E-state index contributed by atoms with van der Waals surface area (Å²) in [5.41, 5.74) is 0.224. The van der Waals surface area contributed by atoms with Crippen LogP contribution in [0.5, 0.6) is 0 Å². The van der Waals surface area contributed by atoms with Gasteiger partial charge < -0.3 is 19.7 Å². The number of hydrogen-bond donors (Lipinski definition) is 1. The summed E-state index contributed by atoms with van der Waals surface area (Å²) in [6.07, 6.45) is 0.436. The standard InChI is InChI=1S/C19H23F2N3O4/c1-12(25)22-8-14-9-24(18(26)28-14)13-6-15(20)17(16(21)7-13)23-4-2-19(3-5-23)10-27-11-19/h6-7,14H,2-5,8-11H2,1H3,(H,22,25)/t14-/m0/s1. The molecule has 1 N–H and O–H groups in total. The van der Waals surface area contributed by atoms with E-state index in [1.54, 1.807) is 4.90 Å². The highest BCUT2D eigenvalue weighted by atomic mass is 19.1. The number of amides is 2. The molecule has 0 unspecified atom stereocenters. The van der Waals surface area contributed by atoms with Crippen LogP contribution in [0, 0.1) is 17.0 Å². The van der Waals surface area contributed by atoms with Crippen LogP contribution in [0.2, 0.25) is 0 Å². The van der Waals surface area contributed by atoms with E-state index in [4.69, 9.17) is 9.47 Å². The number of hydrogen-bond acceptors (Lipinski definition) is 5. The number of carbonyl (C=O) groups excluding carboxylic acids is 2. The number of halogens is 2. The monoisotopic (exact) mass is 395 g/mol. The molecular weight excluding hydrogens is 372 g/mol. The third-order valence-electron chi connectivity index (χ3n) is 5.72. The second kappa shape index (κ2) is 7.20. The highest BCUT2D eigenvalue weighted by molar-refractivity contribution is 5.90. The largest absolute Gasteiger partial charge is 0.442 e. The lowest BCUT2D eigenvalue weighted by Gasteiger charge is -2.47. The van der Waals surface area contributed by atoms with E-state index in [9.17, 15) is 18.4 Å². The van der Waals surface area contributed by atoms with Gasteiger partial charge in [-0.3, -0.25) is 9.69 Å². The Morgan fingerprint density at radius 3 is 2.43 bits per heavy atom. The second-order valence-electron chi connectivity index (χ2n) is 7.79. The first-order valence-electron chi connectivity index (χ1n) is 9.41. The molecule has 3 aliphatic rings. The maximum atomic E-state index is 14.8. The van der Waals surface area contributed by atoms with Gasteiger partial charge in [-0.1, -0.05) is 0 Å². The quantitative estimate of drug-likeness (QED) is 0.845. The van der Waals surface area contributed by atoms with E-state index in [2.05, 4.69) is 5.32 Å². The van der Waals surface area contributed by atoms with E-state index in [1.807, 2.05) is 0 Å². The average Bonchev–Trinajstić information content (AvgIpc) is 2.99. The molecule has 3 aliphatic heterocycles. The minimum atomic E-state index is -0.700. The summed E-state index contributed by atoms with van der Waals surface area (Å²) in [7, 11) is 0. The van der Waals surface area contributed by atoms with Crippen molar-refractivity contribution in [1.82, 2.24) is 5.32 Å². The first-order chi connectivity index (χ1) is 13.4. The zero-order valence-electron chi connectivity index (χ0n) is 15.7. The van der Waals surface area contributed by atoms with Crippen molar-refractivity contribution in [2.45, 2.75) is 25.9 Å². The smallest absolute Gasteiger partial charge is 0.414 e. The van der Waals surface area contributed by atoms with Crippen LogP contribution in [0.15, 0.2) is 12.1 Å². The Morgan fingerprint density at radius 2 is 1.89 bits per heavy atom. The van der Waals surface area contributed by atoms with E-state index in [0.29, 0.717) is 13.1 Å². The summed E-state index contributed by atoms with van der Waals surface area (Å²) in [6.45, 7) is 4.22. The first-order valence-corrected chi connectivity index (χ1v) is 9.41. The Morgan fingerprint density at radius 1 is 1.25 bits per heavy atom. The summed E-state index contributed by atoms with van der Waals surface area (Å²) >= 11 is 0. The fraction of sp³-hybridized carbons (Fsp3) is 0.579. The fourth-order valence-corrected chi connectivity index (χ4v) is 3.99. The van der Waals surface area contributed by atoms with Gasteiger partial charge in [-0.2, -0.15) is 0 Å². The van der Waals surface area contributed by atoms with Gasteiger partial charge in [-0.15, -0.1) is 0 Å². The van der Waals surface area contributed by atoms with Crippen molar-refractivity contribution in [3.05, 3.63) is 23.8 Å². The molecule has 2 amide bonds. The van der Waals surface area contributed by atoms with Gasteiger partial charge in [0.2, 0.25) is 5.91 Å². The van der Waals surface area contributed by atoms with E-state index in [1.165, 1.54) is 11.8 Å². The van der Waals surface area contributed by atoms with Crippen LogP contribution in [-0.4, -0.2) is 57.5 Å². The van der Waals surface area contributed by atoms with Crippen LogP contribution in [0.25, 0.3) is 0 Å². The molecule has 1 aromatic rings. The molecule has 3 saturated heterocycles. The minimum absolute atomic E-state index is 0.0544. The maximum absolute atomic E-state index is 14.8. The summed E-state index contributed by atoms with van der Waals surface area (Å²) in [5, 5.41) is 2.56. The predicted molar refractivity (Wildman–Crippen MR) is 97.4 cm³/mol. The molecule has 1 atom stereocenters. The number of anilines is 2. The molecule has 1 spiro atoms. The highest BCUT2D eigenvalue weighted by Gasteiger charge is 2.42. The van der Waals surface area contributed by atoms with Crippen molar-refractivity contribution >= 4 is 23.4 Å². The molecule has 0 bridgehead atoms. The average molecular weight is 395 g/mol. The fourth-order valence-electron chi connectivity index (χ4n) is 3.99. The van der Waals surface area contributed by atoms with Gasteiger partial charge in [0.05, 0.1) is 32.0 Å². The second-order valence-corrected chi connectivity index (χ2v) is 7.79. The Balaban J connectivity index is 1.47. The molecule has 9 heteroatoms. The normalized spacial score (nSPS) is 23.5. The van der Waals surface area contributed by atoms with E-state index < -0.39 is 23.8 Å². The summed E-state index contributed by atoms with van der Waals surface area (Å²) in [6, 6.07) is 2.33. The molecule has 3 heterocycles. The van der Waals surface area contributed by atoms with Crippen molar-refractivity contribution in [1.29, 1.82) is 0 Å². The highest BCUT2D eigenvalue weighted by Crippen LogP contribution is 2.41. The molecule has 152 valence electrons. The van der Waals surface area contributed by atoms with Crippen molar-refractivity contribution in [3.63, 3.8) is 0 Å². The summed E-state index contributed by atoms with van der Waals surface area (Å²) in [4.78, 5) is 26.0. The molecule has 0 aliphatic carbocycles.